The van der Waals surface area contributed by atoms with Crippen molar-refractivity contribution in [3.8, 4) is 5.69 Å². The average Bonchev–Trinajstić information content (AvgIpc) is 2.78. The second kappa shape index (κ2) is 9.11. The molecule has 0 saturated heterocycles. The van der Waals surface area contributed by atoms with Gasteiger partial charge in [-0.2, -0.15) is 13.2 Å². The van der Waals surface area contributed by atoms with Crippen LogP contribution in [0.15, 0.2) is 82.5 Å². The van der Waals surface area contributed by atoms with Crippen molar-refractivity contribution >= 4 is 34.3 Å². The first-order valence-electron chi connectivity index (χ1n) is 9.92. The topological polar surface area (TPSA) is 64.0 Å². The smallest absolute Gasteiger partial charge is 0.321 e. The van der Waals surface area contributed by atoms with E-state index in [0.29, 0.717) is 50.3 Å². The lowest BCUT2D eigenvalue weighted by atomic mass is 10.1. The van der Waals surface area contributed by atoms with Gasteiger partial charge in [-0.25, -0.2) is 4.98 Å². The van der Waals surface area contributed by atoms with Crippen LogP contribution in [0.4, 0.5) is 18.9 Å². The number of benzene rings is 3. The lowest BCUT2D eigenvalue weighted by Crippen LogP contribution is -2.22. The van der Waals surface area contributed by atoms with E-state index in [1.54, 1.807) is 67.6 Å². The molecule has 0 aliphatic heterocycles. The van der Waals surface area contributed by atoms with Crippen molar-refractivity contribution in [2.45, 2.75) is 18.0 Å². The molecule has 1 heterocycles. The van der Waals surface area contributed by atoms with Gasteiger partial charge in [-0.3, -0.25) is 14.2 Å². The fourth-order valence-corrected chi connectivity index (χ4v) is 4.13. The van der Waals surface area contributed by atoms with Crippen molar-refractivity contribution in [1.82, 2.24) is 9.55 Å². The molecule has 0 radical (unpaired) electrons. The molecule has 0 aliphatic rings. The Bertz CT molecular complexity index is 1380. The van der Waals surface area contributed by atoms with Gasteiger partial charge in [-0.15, -0.1) is 11.8 Å². The molecular weight excluding hydrogens is 451 g/mol. The molecule has 1 aromatic heterocycles. The zero-order valence-corrected chi connectivity index (χ0v) is 18.2. The number of fused-ring (bicyclic) bond motifs is 1. The number of alkyl halides is 3. The molecule has 4 aromatic rings. The molecule has 9 heteroatoms. The molecule has 0 atom stereocenters. The third-order valence-electron chi connectivity index (χ3n) is 4.86. The van der Waals surface area contributed by atoms with Gasteiger partial charge in [-0.05, 0) is 55.5 Å². The lowest BCUT2D eigenvalue weighted by Gasteiger charge is -2.13. The quantitative estimate of drug-likeness (QED) is 0.387. The molecule has 4 rings (SSSR count). The number of carbonyl (C=O) groups is 1. The van der Waals surface area contributed by atoms with Crippen LogP contribution in [0.3, 0.4) is 0 Å². The van der Waals surface area contributed by atoms with E-state index in [1.807, 2.05) is 6.07 Å². The largest absolute Gasteiger partial charge is 0.398 e. The number of nitrogens with one attached hydrogen (secondary N) is 1. The summed E-state index contributed by atoms with van der Waals surface area (Å²) in [6.07, 6.45) is -4.31. The Morgan fingerprint density at radius 1 is 1.00 bits per heavy atom. The third kappa shape index (κ3) is 5.09. The Labute approximate surface area is 191 Å². The Kier molecular flexibility index (Phi) is 6.24. The van der Waals surface area contributed by atoms with Gasteiger partial charge < -0.3 is 5.32 Å². The van der Waals surface area contributed by atoms with Crippen molar-refractivity contribution in [3.63, 3.8) is 0 Å². The monoisotopic (exact) mass is 469 g/mol. The summed E-state index contributed by atoms with van der Waals surface area (Å²) in [5, 5.41) is 3.15. The summed E-state index contributed by atoms with van der Waals surface area (Å²) < 4.78 is 39.2. The number of hydrogen-bond donors (Lipinski definition) is 1. The first-order chi connectivity index (χ1) is 15.7. The zero-order chi connectivity index (χ0) is 23.6. The molecule has 0 saturated carbocycles. The number of thioether (sulfide) groups is 1. The standard InChI is InChI=1S/C24H18F3N3O2S/c1-15-28-19-7-3-2-6-18(19)23(32)30(15)17-12-10-16(11-13-17)22(31)29-20-8-4-5-9-21(20)33-14-24(25,26)27/h2-13H,14H2,1H3,(H,29,31). The number of carbonyl (C=O) groups excluding carboxylic acids is 1. The fourth-order valence-electron chi connectivity index (χ4n) is 3.36. The molecule has 1 N–H and O–H groups in total. The minimum absolute atomic E-state index is 0.217. The van der Waals surface area contributed by atoms with Gasteiger partial charge >= 0.3 is 6.18 Å². The highest BCUT2D eigenvalue weighted by molar-refractivity contribution is 7.99. The van der Waals surface area contributed by atoms with Crippen LogP contribution in [0.1, 0.15) is 16.2 Å². The predicted molar refractivity (Wildman–Crippen MR) is 123 cm³/mol. The van der Waals surface area contributed by atoms with E-state index in [1.165, 1.54) is 10.6 Å². The second-order valence-electron chi connectivity index (χ2n) is 7.22. The van der Waals surface area contributed by atoms with Crippen LogP contribution in [-0.2, 0) is 0 Å². The molecule has 1 amide bonds. The SMILES string of the molecule is Cc1nc2ccccc2c(=O)n1-c1ccc(C(=O)Nc2ccccc2SCC(F)(F)F)cc1. The Morgan fingerprint density at radius 3 is 2.39 bits per heavy atom. The summed E-state index contributed by atoms with van der Waals surface area (Å²) in [4.78, 5) is 30.4. The van der Waals surface area contributed by atoms with E-state index < -0.39 is 17.8 Å². The van der Waals surface area contributed by atoms with E-state index >= 15 is 0 Å². The normalized spacial score (nSPS) is 11.5. The van der Waals surface area contributed by atoms with Crippen molar-refractivity contribution in [2.24, 2.45) is 0 Å². The van der Waals surface area contributed by atoms with Gasteiger partial charge in [0.2, 0.25) is 0 Å². The van der Waals surface area contributed by atoms with E-state index in [0.717, 1.165) is 0 Å². The molecular formula is C24H18F3N3O2S. The number of amides is 1. The maximum Gasteiger partial charge on any atom is 0.398 e. The van der Waals surface area contributed by atoms with Crippen LogP contribution in [-0.4, -0.2) is 27.4 Å². The second-order valence-corrected chi connectivity index (χ2v) is 8.23. The molecule has 0 fully saturated rings. The van der Waals surface area contributed by atoms with Gasteiger partial charge in [0.1, 0.15) is 5.82 Å². The maximum absolute atomic E-state index is 12.9. The highest BCUT2D eigenvalue weighted by Crippen LogP contribution is 2.32. The van der Waals surface area contributed by atoms with Crippen molar-refractivity contribution in [3.05, 3.63) is 94.5 Å². The van der Waals surface area contributed by atoms with Crippen LogP contribution in [0.25, 0.3) is 16.6 Å². The first-order valence-corrected chi connectivity index (χ1v) is 10.9. The number of para-hydroxylation sites is 2. The molecule has 0 bridgehead atoms. The summed E-state index contributed by atoms with van der Waals surface area (Å²) in [6, 6.07) is 19.7. The highest BCUT2D eigenvalue weighted by Gasteiger charge is 2.27. The van der Waals surface area contributed by atoms with Crippen molar-refractivity contribution < 1.29 is 18.0 Å². The highest BCUT2D eigenvalue weighted by atomic mass is 32.2. The minimum atomic E-state index is -4.31. The maximum atomic E-state index is 12.9. The fraction of sp³-hybridized carbons (Fsp3) is 0.125. The van der Waals surface area contributed by atoms with Crippen LogP contribution in [0.5, 0.6) is 0 Å². The summed E-state index contributed by atoms with van der Waals surface area (Å²) in [5.74, 6) is -1.02. The number of anilines is 1. The van der Waals surface area contributed by atoms with Crippen molar-refractivity contribution in [1.29, 1.82) is 0 Å². The van der Waals surface area contributed by atoms with Crippen LogP contribution >= 0.6 is 11.8 Å². The average molecular weight is 469 g/mol. The van der Waals surface area contributed by atoms with Gasteiger partial charge in [-0.1, -0.05) is 24.3 Å². The minimum Gasteiger partial charge on any atom is -0.321 e. The van der Waals surface area contributed by atoms with Crippen LogP contribution in [0.2, 0.25) is 0 Å². The van der Waals surface area contributed by atoms with Gasteiger partial charge in [0.05, 0.1) is 28.0 Å². The molecule has 0 aliphatic carbocycles. The molecule has 0 spiro atoms. The summed E-state index contributed by atoms with van der Waals surface area (Å²) in [5.41, 5.74) is 1.54. The number of halogens is 3. The third-order valence-corrected chi connectivity index (χ3v) is 6.00. The number of nitrogens with zero attached hydrogens (tertiary/aromatic N) is 2. The Balaban J connectivity index is 1.57. The zero-order valence-electron chi connectivity index (χ0n) is 17.4. The Hall–Kier alpha value is -3.59. The first kappa shape index (κ1) is 22.6. The Morgan fingerprint density at radius 2 is 1.67 bits per heavy atom. The van der Waals surface area contributed by atoms with E-state index in [-0.39, 0.29) is 5.56 Å². The summed E-state index contributed by atoms with van der Waals surface area (Å²) in [7, 11) is 0. The molecule has 0 unspecified atom stereocenters. The lowest BCUT2D eigenvalue weighted by molar-refractivity contribution is -0.105. The number of hydrogen-bond acceptors (Lipinski definition) is 4. The summed E-state index contributed by atoms with van der Waals surface area (Å²) in [6.45, 7) is 1.73. The van der Waals surface area contributed by atoms with Gasteiger partial charge in [0.15, 0.2) is 0 Å². The van der Waals surface area contributed by atoms with Gasteiger partial charge in [0.25, 0.3) is 11.5 Å². The molecule has 3 aromatic carbocycles. The number of rotatable bonds is 5. The van der Waals surface area contributed by atoms with E-state index in [9.17, 15) is 22.8 Å². The van der Waals surface area contributed by atoms with Crippen molar-refractivity contribution in [2.75, 3.05) is 11.1 Å². The van der Waals surface area contributed by atoms with E-state index in [4.69, 9.17) is 0 Å². The predicted octanol–water partition coefficient (Wildman–Crippen LogP) is 5.60. The summed E-state index contributed by atoms with van der Waals surface area (Å²) >= 11 is 0.610. The van der Waals surface area contributed by atoms with E-state index in [2.05, 4.69) is 10.3 Å². The molecule has 5 nitrogen and oxygen atoms in total. The van der Waals surface area contributed by atoms with Gasteiger partial charge in [0, 0.05) is 10.5 Å². The van der Waals surface area contributed by atoms with Crippen LogP contribution in [0, 0.1) is 6.92 Å². The molecule has 168 valence electrons. The number of aryl methyl sites for hydroxylation is 1. The molecule has 33 heavy (non-hydrogen) atoms. The van der Waals surface area contributed by atoms with Crippen LogP contribution < -0.4 is 10.9 Å². The number of aromatic nitrogens is 2.